The lowest BCUT2D eigenvalue weighted by molar-refractivity contribution is -0.0266. The zero-order valence-electron chi connectivity index (χ0n) is 10.5. The first-order valence-corrected chi connectivity index (χ1v) is 6.36. The molecule has 3 nitrogen and oxygen atoms in total. The molecule has 0 spiro atoms. The molecular formula is C15H17NO2. The molecule has 2 heterocycles. The Morgan fingerprint density at radius 2 is 2.22 bits per heavy atom. The molecule has 2 atom stereocenters. The molecule has 3 heteroatoms. The van der Waals surface area contributed by atoms with E-state index < -0.39 is 5.60 Å². The molecular weight excluding hydrogens is 226 g/mol. The second-order valence-electron chi connectivity index (χ2n) is 5.03. The number of nitrogens with zero attached hydrogens (tertiary/aromatic N) is 1. The zero-order valence-corrected chi connectivity index (χ0v) is 10.5. The van der Waals surface area contributed by atoms with Gasteiger partial charge in [0.05, 0.1) is 17.2 Å². The number of aliphatic hydroxyl groups is 1. The highest BCUT2D eigenvalue weighted by Gasteiger charge is 2.39. The van der Waals surface area contributed by atoms with Gasteiger partial charge in [0.15, 0.2) is 0 Å². The molecule has 2 unspecified atom stereocenters. The molecule has 0 radical (unpaired) electrons. The predicted octanol–water partition coefficient (Wildman–Crippen LogP) is 2.32. The summed E-state index contributed by atoms with van der Waals surface area (Å²) in [5.41, 5.74) is 1.37. The lowest BCUT2D eigenvalue weighted by atomic mass is 9.88. The van der Waals surface area contributed by atoms with Crippen molar-refractivity contribution in [2.75, 3.05) is 6.61 Å². The molecule has 3 rings (SSSR count). The molecule has 1 aliphatic heterocycles. The number of pyridine rings is 1. The first kappa shape index (κ1) is 11.6. The van der Waals surface area contributed by atoms with Crippen LogP contribution < -0.4 is 0 Å². The predicted molar refractivity (Wildman–Crippen MR) is 70.4 cm³/mol. The minimum atomic E-state index is -0.746. The Hall–Kier alpha value is -1.45. The highest BCUT2D eigenvalue weighted by atomic mass is 16.5. The van der Waals surface area contributed by atoms with Crippen LogP contribution in [0.4, 0.5) is 0 Å². The van der Waals surface area contributed by atoms with E-state index in [1.165, 1.54) is 0 Å². The number of para-hydroxylation sites is 1. The quantitative estimate of drug-likeness (QED) is 0.880. The van der Waals surface area contributed by atoms with Crippen LogP contribution in [-0.4, -0.2) is 28.4 Å². The van der Waals surface area contributed by atoms with Crippen molar-refractivity contribution < 1.29 is 9.84 Å². The number of fused-ring (bicyclic) bond motifs is 1. The topological polar surface area (TPSA) is 42.4 Å². The van der Waals surface area contributed by atoms with Crippen molar-refractivity contribution in [3.63, 3.8) is 0 Å². The lowest BCUT2D eigenvalue weighted by Gasteiger charge is -2.26. The van der Waals surface area contributed by atoms with Crippen molar-refractivity contribution in [1.82, 2.24) is 4.98 Å². The Balaban J connectivity index is 2.00. The van der Waals surface area contributed by atoms with Crippen molar-refractivity contribution in [1.29, 1.82) is 0 Å². The molecule has 1 aromatic carbocycles. The maximum atomic E-state index is 10.6. The summed E-state index contributed by atoms with van der Waals surface area (Å²) < 4.78 is 5.49. The van der Waals surface area contributed by atoms with Crippen LogP contribution in [0.15, 0.2) is 36.5 Å². The summed E-state index contributed by atoms with van der Waals surface area (Å²) in [5.74, 6) is 0. The van der Waals surface area contributed by atoms with Crippen LogP contribution in [0.2, 0.25) is 0 Å². The molecule has 0 bridgehead atoms. The average molecular weight is 243 g/mol. The van der Waals surface area contributed by atoms with E-state index in [1.807, 2.05) is 37.4 Å². The van der Waals surface area contributed by atoms with Gasteiger partial charge in [-0.3, -0.25) is 4.98 Å². The third-order valence-corrected chi connectivity index (χ3v) is 3.90. The highest BCUT2D eigenvalue weighted by molar-refractivity contribution is 5.81. The molecule has 1 aliphatic rings. The fourth-order valence-electron chi connectivity index (χ4n) is 2.64. The van der Waals surface area contributed by atoms with Gasteiger partial charge in [0, 0.05) is 31.0 Å². The number of hydrogen-bond acceptors (Lipinski definition) is 3. The summed E-state index contributed by atoms with van der Waals surface area (Å²) in [6.07, 6.45) is 3.02. The maximum Gasteiger partial charge on any atom is 0.0967 e. The van der Waals surface area contributed by atoms with Crippen molar-refractivity contribution >= 4 is 10.9 Å². The van der Waals surface area contributed by atoms with Gasteiger partial charge in [-0.2, -0.15) is 0 Å². The van der Waals surface area contributed by atoms with Gasteiger partial charge in [-0.1, -0.05) is 18.2 Å². The monoisotopic (exact) mass is 243 g/mol. The largest absolute Gasteiger partial charge is 0.387 e. The average Bonchev–Trinajstić information content (AvgIpc) is 2.70. The Labute approximate surface area is 106 Å². The van der Waals surface area contributed by atoms with Crippen LogP contribution in [0.25, 0.3) is 10.9 Å². The normalized spacial score (nSPS) is 27.8. The fraction of sp³-hybridized carbons (Fsp3) is 0.400. The number of aromatic nitrogens is 1. The van der Waals surface area contributed by atoms with E-state index in [0.29, 0.717) is 19.4 Å². The molecule has 18 heavy (non-hydrogen) atoms. The molecule has 94 valence electrons. The SMILES string of the molecule is CC1OCCC1(O)Cc1ccnc2ccccc12. The zero-order chi connectivity index (χ0) is 12.6. The van der Waals surface area contributed by atoms with Gasteiger partial charge in [-0.05, 0) is 24.6 Å². The molecule has 1 aromatic heterocycles. The van der Waals surface area contributed by atoms with Gasteiger partial charge in [-0.25, -0.2) is 0 Å². The second-order valence-corrected chi connectivity index (χ2v) is 5.03. The first-order chi connectivity index (χ1) is 8.69. The van der Waals surface area contributed by atoms with Crippen molar-refractivity contribution in [2.24, 2.45) is 0 Å². The van der Waals surface area contributed by atoms with Crippen molar-refractivity contribution in [2.45, 2.75) is 31.5 Å². The molecule has 2 aromatic rings. The molecule has 0 amide bonds. The van der Waals surface area contributed by atoms with Crippen LogP contribution in [0, 0.1) is 0 Å². The third kappa shape index (κ3) is 1.89. The minimum absolute atomic E-state index is 0.107. The number of ether oxygens (including phenoxy) is 1. The van der Waals surface area contributed by atoms with Crippen LogP contribution in [0.5, 0.6) is 0 Å². The maximum absolute atomic E-state index is 10.6. The van der Waals surface area contributed by atoms with E-state index in [4.69, 9.17) is 4.74 Å². The molecule has 0 saturated carbocycles. The Kier molecular flexibility index (Phi) is 2.80. The van der Waals surface area contributed by atoms with E-state index in [2.05, 4.69) is 11.1 Å². The third-order valence-electron chi connectivity index (χ3n) is 3.90. The van der Waals surface area contributed by atoms with E-state index in [9.17, 15) is 5.11 Å². The fourth-order valence-corrected chi connectivity index (χ4v) is 2.64. The van der Waals surface area contributed by atoms with Gasteiger partial charge in [0.25, 0.3) is 0 Å². The second kappa shape index (κ2) is 4.34. The Morgan fingerprint density at radius 3 is 3.00 bits per heavy atom. The molecule has 0 aliphatic carbocycles. The smallest absolute Gasteiger partial charge is 0.0967 e. The van der Waals surface area contributed by atoms with Gasteiger partial charge in [0.2, 0.25) is 0 Å². The first-order valence-electron chi connectivity index (χ1n) is 6.36. The summed E-state index contributed by atoms with van der Waals surface area (Å²) >= 11 is 0. The standard InChI is InChI=1S/C15H17NO2/c1-11-15(17,7-9-18-11)10-12-6-8-16-14-5-3-2-4-13(12)14/h2-6,8,11,17H,7,9-10H2,1H3. The van der Waals surface area contributed by atoms with E-state index >= 15 is 0 Å². The van der Waals surface area contributed by atoms with E-state index in [1.54, 1.807) is 0 Å². The Morgan fingerprint density at radius 1 is 1.39 bits per heavy atom. The van der Waals surface area contributed by atoms with Gasteiger partial charge in [0.1, 0.15) is 0 Å². The Bertz CT molecular complexity index is 564. The van der Waals surface area contributed by atoms with Crippen LogP contribution >= 0.6 is 0 Å². The summed E-state index contributed by atoms with van der Waals surface area (Å²) in [7, 11) is 0. The van der Waals surface area contributed by atoms with Gasteiger partial charge in [-0.15, -0.1) is 0 Å². The van der Waals surface area contributed by atoms with Crippen molar-refractivity contribution in [3.8, 4) is 0 Å². The van der Waals surface area contributed by atoms with Crippen LogP contribution in [0.1, 0.15) is 18.9 Å². The summed E-state index contributed by atoms with van der Waals surface area (Å²) in [5, 5.41) is 11.7. The minimum Gasteiger partial charge on any atom is -0.387 e. The van der Waals surface area contributed by atoms with E-state index in [-0.39, 0.29) is 6.10 Å². The number of rotatable bonds is 2. The highest BCUT2D eigenvalue weighted by Crippen LogP contribution is 2.31. The van der Waals surface area contributed by atoms with Gasteiger partial charge >= 0.3 is 0 Å². The van der Waals surface area contributed by atoms with Crippen molar-refractivity contribution in [3.05, 3.63) is 42.1 Å². The molecule has 1 saturated heterocycles. The molecule has 1 fully saturated rings. The number of benzene rings is 1. The summed E-state index contributed by atoms with van der Waals surface area (Å²) in [6.45, 7) is 2.58. The van der Waals surface area contributed by atoms with E-state index in [0.717, 1.165) is 16.5 Å². The van der Waals surface area contributed by atoms with Gasteiger partial charge < -0.3 is 9.84 Å². The summed E-state index contributed by atoms with van der Waals surface area (Å²) in [4.78, 5) is 4.35. The van der Waals surface area contributed by atoms with Crippen LogP contribution in [-0.2, 0) is 11.2 Å². The number of hydrogen-bond donors (Lipinski definition) is 1. The lowest BCUT2D eigenvalue weighted by Crippen LogP contribution is -2.38. The van der Waals surface area contributed by atoms with Crippen LogP contribution in [0.3, 0.4) is 0 Å². The summed E-state index contributed by atoms with van der Waals surface area (Å²) in [6, 6.07) is 10.0. The molecule has 1 N–H and O–H groups in total.